The summed E-state index contributed by atoms with van der Waals surface area (Å²) in [4.78, 5) is 5.05. The highest BCUT2D eigenvalue weighted by Gasteiger charge is 2.18. The van der Waals surface area contributed by atoms with Crippen molar-refractivity contribution in [2.75, 3.05) is 45.1 Å². The van der Waals surface area contributed by atoms with Crippen LogP contribution in [0.25, 0.3) is 0 Å². The Morgan fingerprint density at radius 1 is 1.26 bits per heavy atom. The van der Waals surface area contributed by atoms with Crippen LogP contribution in [0, 0.1) is 6.92 Å². The molecule has 1 aliphatic heterocycles. The summed E-state index contributed by atoms with van der Waals surface area (Å²) in [5, 5.41) is 3.56. The molecule has 1 heterocycles. The molecule has 0 bridgehead atoms. The van der Waals surface area contributed by atoms with E-state index in [1.54, 1.807) is 0 Å². The lowest BCUT2D eigenvalue weighted by molar-refractivity contribution is 0.209. The van der Waals surface area contributed by atoms with Gasteiger partial charge in [-0.3, -0.25) is 4.90 Å². The van der Waals surface area contributed by atoms with Gasteiger partial charge in [0.05, 0.1) is 0 Å². The maximum absolute atomic E-state index is 3.56. The van der Waals surface area contributed by atoms with Crippen LogP contribution in [0.5, 0.6) is 0 Å². The minimum absolute atomic E-state index is 0.658. The summed E-state index contributed by atoms with van der Waals surface area (Å²) < 4.78 is 0. The highest BCUT2D eigenvalue weighted by Crippen LogP contribution is 2.13. The van der Waals surface area contributed by atoms with E-state index in [2.05, 4.69) is 60.3 Å². The number of nitrogens with zero attached hydrogens (tertiary/aromatic N) is 2. The molecule has 1 aromatic carbocycles. The van der Waals surface area contributed by atoms with E-state index in [0.717, 1.165) is 13.1 Å². The van der Waals surface area contributed by atoms with Crippen molar-refractivity contribution in [2.24, 2.45) is 0 Å². The molecular weight excluding hydrogens is 234 g/mol. The Bertz CT molecular complexity index is 391. The van der Waals surface area contributed by atoms with Crippen LogP contribution in [0.4, 0.5) is 5.69 Å². The van der Waals surface area contributed by atoms with Crippen molar-refractivity contribution in [1.29, 1.82) is 0 Å². The summed E-state index contributed by atoms with van der Waals surface area (Å²) in [6.07, 6.45) is 1.28. The lowest BCUT2D eigenvalue weighted by Crippen LogP contribution is -2.40. The first-order valence-corrected chi connectivity index (χ1v) is 7.39. The molecule has 3 heteroatoms. The first kappa shape index (κ1) is 14.4. The highest BCUT2D eigenvalue weighted by molar-refractivity contribution is 5.50. The maximum atomic E-state index is 3.56. The Labute approximate surface area is 117 Å². The number of hydrogen-bond acceptors (Lipinski definition) is 3. The molecule has 1 unspecified atom stereocenters. The van der Waals surface area contributed by atoms with Crippen LogP contribution >= 0.6 is 0 Å². The summed E-state index contributed by atoms with van der Waals surface area (Å²) in [6.45, 7) is 10.3. The molecule has 1 N–H and O–H groups in total. The van der Waals surface area contributed by atoms with Crippen molar-refractivity contribution in [2.45, 2.75) is 26.3 Å². The standard InChI is InChI=1S/C16H27N3/c1-14-7-4-5-8-16(14)17-9-12-19-11-6-10-18(3)13-15(19)2/h4-5,7-8,15,17H,6,9-13H2,1-3H3. The van der Waals surface area contributed by atoms with E-state index in [1.807, 2.05) is 0 Å². The molecule has 0 aliphatic carbocycles. The van der Waals surface area contributed by atoms with E-state index in [1.165, 1.54) is 37.3 Å². The molecule has 1 saturated heterocycles. The normalized spacial score (nSPS) is 22.2. The Balaban J connectivity index is 1.80. The summed E-state index contributed by atoms with van der Waals surface area (Å²) in [7, 11) is 2.23. The molecule has 0 spiro atoms. The summed E-state index contributed by atoms with van der Waals surface area (Å²) in [6, 6.07) is 9.17. The topological polar surface area (TPSA) is 18.5 Å². The molecule has 0 radical (unpaired) electrons. The number of hydrogen-bond donors (Lipinski definition) is 1. The second-order valence-corrected chi connectivity index (χ2v) is 5.74. The Kier molecular flexibility index (Phi) is 5.23. The van der Waals surface area contributed by atoms with Gasteiger partial charge in [-0.15, -0.1) is 0 Å². The number of nitrogens with one attached hydrogen (secondary N) is 1. The molecule has 0 saturated carbocycles. The van der Waals surface area contributed by atoms with Crippen LogP contribution in [-0.2, 0) is 0 Å². The quantitative estimate of drug-likeness (QED) is 0.898. The fourth-order valence-electron chi connectivity index (χ4n) is 2.86. The van der Waals surface area contributed by atoms with Crippen molar-refractivity contribution in [3.8, 4) is 0 Å². The fourth-order valence-corrected chi connectivity index (χ4v) is 2.86. The average molecular weight is 261 g/mol. The monoisotopic (exact) mass is 261 g/mol. The molecule has 2 rings (SSSR count). The second-order valence-electron chi connectivity index (χ2n) is 5.74. The highest BCUT2D eigenvalue weighted by atomic mass is 15.2. The van der Waals surface area contributed by atoms with E-state index in [9.17, 15) is 0 Å². The third-order valence-electron chi connectivity index (χ3n) is 4.04. The van der Waals surface area contributed by atoms with Gasteiger partial charge >= 0.3 is 0 Å². The van der Waals surface area contributed by atoms with Crippen LogP contribution < -0.4 is 5.32 Å². The predicted octanol–water partition coefficient (Wildman–Crippen LogP) is 2.43. The zero-order valence-electron chi connectivity index (χ0n) is 12.5. The smallest absolute Gasteiger partial charge is 0.0370 e. The first-order chi connectivity index (χ1) is 9.16. The second kappa shape index (κ2) is 6.92. The molecule has 1 aromatic rings. The Morgan fingerprint density at radius 3 is 2.84 bits per heavy atom. The van der Waals surface area contributed by atoms with E-state index >= 15 is 0 Å². The summed E-state index contributed by atoms with van der Waals surface area (Å²) >= 11 is 0. The number of benzene rings is 1. The largest absolute Gasteiger partial charge is 0.384 e. The van der Waals surface area contributed by atoms with Gasteiger partial charge in [0.25, 0.3) is 0 Å². The Hall–Kier alpha value is -1.06. The minimum atomic E-state index is 0.658. The lowest BCUT2D eigenvalue weighted by atomic mass is 10.2. The van der Waals surface area contributed by atoms with Crippen LogP contribution in [0.3, 0.4) is 0 Å². The first-order valence-electron chi connectivity index (χ1n) is 7.39. The number of para-hydroxylation sites is 1. The summed E-state index contributed by atoms with van der Waals surface area (Å²) in [5.41, 5.74) is 2.59. The fraction of sp³-hybridized carbons (Fsp3) is 0.625. The van der Waals surface area contributed by atoms with Crippen molar-refractivity contribution in [3.05, 3.63) is 29.8 Å². The van der Waals surface area contributed by atoms with Gasteiger partial charge in [0.2, 0.25) is 0 Å². The van der Waals surface area contributed by atoms with Crippen LogP contribution in [0.2, 0.25) is 0 Å². The van der Waals surface area contributed by atoms with Crippen molar-refractivity contribution >= 4 is 5.69 Å². The SMILES string of the molecule is Cc1ccccc1NCCN1CCCN(C)CC1C. The van der Waals surface area contributed by atoms with E-state index in [4.69, 9.17) is 0 Å². The number of anilines is 1. The average Bonchev–Trinajstić information content (AvgIpc) is 2.53. The van der Waals surface area contributed by atoms with Crippen LogP contribution in [0.15, 0.2) is 24.3 Å². The van der Waals surface area contributed by atoms with E-state index in [0.29, 0.717) is 6.04 Å². The Morgan fingerprint density at radius 2 is 2.05 bits per heavy atom. The van der Waals surface area contributed by atoms with Gasteiger partial charge in [-0.25, -0.2) is 0 Å². The van der Waals surface area contributed by atoms with Crippen LogP contribution in [0.1, 0.15) is 18.9 Å². The molecule has 1 fully saturated rings. The third-order valence-corrected chi connectivity index (χ3v) is 4.04. The van der Waals surface area contributed by atoms with Gasteiger partial charge in [0, 0.05) is 31.4 Å². The number of likely N-dealkylation sites (N-methyl/N-ethyl adjacent to an activating group) is 1. The van der Waals surface area contributed by atoms with Gasteiger partial charge in [-0.2, -0.15) is 0 Å². The van der Waals surface area contributed by atoms with E-state index < -0.39 is 0 Å². The minimum Gasteiger partial charge on any atom is -0.384 e. The van der Waals surface area contributed by atoms with Crippen molar-refractivity contribution < 1.29 is 0 Å². The lowest BCUT2D eigenvalue weighted by Gasteiger charge is -2.28. The molecule has 106 valence electrons. The molecule has 3 nitrogen and oxygen atoms in total. The molecule has 19 heavy (non-hydrogen) atoms. The van der Waals surface area contributed by atoms with E-state index in [-0.39, 0.29) is 0 Å². The van der Waals surface area contributed by atoms with Gasteiger partial charge < -0.3 is 10.2 Å². The molecule has 0 aromatic heterocycles. The predicted molar refractivity (Wildman–Crippen MR) is 82.8 cm³/mol. The van der Waals surface area contributed by atoms with Crippen LogP contribution in [-0.4, -0.2) is 55.6 Å². The zero-order valence-corrected chi connectivity index (χ0v) is 12.5. The van der Waals surface area contributed by atoms with Gasteiger partial charge in [-0.1, -0.05) is 18.2 Å². The number of aryl methyl sites for hydroxylation is 1. The number of rotatable bonds is 4. The third kappa shape index (κ3) is 4.22. The van der Waals surface area contributed by atoms with Gasteiger partial charge in [-0.05, 0) is 52.0 Å². The van der Waals surface area contributed by atoms with Gasteiger partial charge in [0.15, 0.2) is 0 Å². The molecule has 1 aliphatic rings. The molecule has 1 atom stereocenters. The maximum Gasteiger partial charge on any atom is 0.0370 e. The van der Waals surface area contributed by atoms with Crippen molar-refractivity contribution in [1.82, 2.24) is 9.80 Å². The molecular formula is C16H27N3. The zero-order chi connectivity index (χ0) is 13.7. The summed E-state index contributed by atoms with van der Waals surface area (Å²) in [5.74, 6) is 0. The molecule has 0 amide bonds. The van der Waals surface area contributed by atoms with Gasteiger partial charge in [0.1, 0.15) is 0 Å². The van der Waals surface area contributed by atoms with Crippen molar-refractivity contribution in [3.63, 3.8) is 0 Å².